The van der Waals surface area contributed by atoms with Gasteiger partial charge in [-0.2, -0.15) is 0 Å². The highest BCUT2D eigenvalue weighted by atomic mass is 16.5. The molecule has 0 radical (unpaired) electrons. The normalized spacial score (nSPS) is 10.5. The molecule has 92 valence electrons. The number of carboxylic acid groups (broad SMARTS) is 1. The summed E-state index contributed by atoms with van der Waals surface area (Å²) in [6, 6.07) is 0. The average molecular weight is 219 g/mol. The average Bonchev–Trinajstić information content (AvgIpc) is 2.20. The van der Waals surface area contributed by atoms with Crippen LogP contribution in [-0.2, 0) is 9.53 Å². The van der Waals surface area contributed by atoms with E-state index in [0.717, 1.165) is 6.42 Å². The summed E-state index contributed by atoms with van der Waals surface area (Å²) in [5.74, 6) is -0.812. The van der Waals surface area contributed by atoms with E-state index < -0.39 is 5.97 Å². The summed E-state index contributed by atoms with van der Waals surface area (Å²) >= 11 is 0. The number of carbonyl (C=O) groups is 1. The SMILES string of the molecule is CC.CNC(C)(C)CCOCCC(=O)O. The molecule has 4 heteroatoms. The number of rotatable bonds is 7. The molecule has 0 aliphatic heterocycles. The van der Waals surface area contributed by atoms with Crippen LogP contribution < -0.4 is 5.32 Å². The zero-order valence-corrected chi connectivity index (χ0v) is 10.6. The Morgan fingerprint density at radius 2 is 1.87 bits per heavy atom. The maximum atomic E-state index is 10.1. The van der Waals surface area contributed by atoms with Gasteiger partial charge in [-0.25, -0.2) is 0 Å². The van der Waals surface area contributed by atoms with Crippen LogP contribution in [0.25, 0.3) is 0 Å². The van der Waals surface area contributed by atoms with Gasteiger partial charge in [0.15, 0.2) is 0 Å². The number of hydrogen-bond donors (Lipinski definition) is 2. The van der Waals surface area contributed by atoms with Gasteiger partial charge in [0, 0.05) is 12.1 Å². The zero-order valence-electron chi connectivity index (χ0n) is 10.6. The standard InChI is InChI=1S/C9H19NO3.C2H6/c1-9(2,10-3)5-7-13-6-4-8(11)12;1-2/h10H,4-7H2,1-3H3,(H,11,12);1-2H3. The highest BCUT2D eigenvalue weighted by molar-refractivity contribution is 5.66. The Kier molecular flexibility index (Phi) is 11.1. The summed E-state index contributed by atoms with van der Waals surface area (Å²) in [5.41, 5.74) is 0.0588. The Labute approximate surface area is 93.0 Å². The maximum absolute atomic E-state index is 10.1. The number of carboxylic acids is 1. The molecule has 2 N–H and O–H groups in total. The van der Waals surface area contributed by atoms with Crippen LogP contribution in [0.3, 0.4) is 0 Å². The van der Waals surface area contributed by atoms with Gasteiger partial charge in [0.1, 0.15) is 0 Å². The van der Waals surface area contributed by atoms with E-state index in [1.54, 1.807) is 0 Å². The fraction of sp³-hybridized carbons (Fsp3) is 0.909. The van der Waals surface area contributed by atoms with E-state index in [1.807, 2.05) is 20.9 Å². The van der Waals surface area contributed by atoms with Gasteiger partial charge >= 0.3 is 5.97 Å². The second kappa shape index (κ2) is 9.93. The maximum Gasteiger partial charge on any atom is 0.305 e. The van der Waals surface area contributed by atoms with E-state index in [-0.39, 0.29) is 12.0 Å². The molecule has 0 aliphatic rings. The minimum absolute atomic E-state index is 0.0588. The summed E-state index contributed by atoms with van der Waals surface area (Å²) in [4.78, 5) is 10.1. The molecule has 0 saturated carbocycles. The molecule has 0 bridgehead atoms. The predicted octanol–water partition coefficient (Wildman–Crippen LogP) is 1.89. The van der Waals surface area contributed by atoms with Crippen LogP contribution in [0.15, 0.2) is 0 Å². The molecular formula is C11H25NO3. The Bertz CT molecular complexity index is 158. The Morgan fingerprint density at radius 1 is 1.33 bits per heavy atom. The lowest BCUT2D eigenvalue weighted by Crippen LogP contribution is -2.37. The topological polar surface area (TPSA) is 58.6 Å². The first-order valence-corrected chi connectivity index (χ1v) is 5.46. The molecule has 0 aromatic rings. The van der Waals surface area contributed by atoms with Crippen molar-refractivity contribution in [2.75, 3.05) is 20.3 Å². The molecule has 0 aromatic carbocycles. The summed E-state index contributed by atoms with van der Waals surface area (Å²) in [7, 11) is 1.90. The van der Waals surface area contributed by atoms with Crippen molar-refractivity contribution in [1.82, 2.24) is 5.32 Å². The molecule has 0 aromatic heterocycles. The zero-order chi connectivity index (χ0) is 12.3. The number of nitrogens with one attached hydrogen (secondary N) is 1. The molecule has 0 spiro atoms. The summed E-state index contributed by atoms with van der Waals surface area (Å²) in [6.07, 6.45) is 0.961. The predicted molar refractivity (Wildman–Crippen MR) is 62.2 cm³/mol. The van der Waals surface area contributed by atoms with Crippen LogP contribution in [0.2, 0.25) is 0 Å². The Balaban J connectivity index is 0. The second-order valence-corrected chi connectivity index (χ2v) is 3.64. The van der Waals surface area contributed by atoms with E-state index in [0.29, 0.717) is 13.2 Å². The largest absolute Gasteiger partial charge is 0.481 e. The molecule has 0 fully saturated rings. The van der Waals surface area contributed by atoms with Gasteiger partial charge in [0.25, 0.3) is 0 Å². The van der Waals surface area contributed by atoms with Crippen LogP contribution in [0.5, 0.6) is 0 Å². The van der Waals surface area contributed by atoms with Gasteiger partial charge in [0.2, 0.25) is 0 Å². The van der Waals surface area contributed by atoms with Crippen molar-refractivity contribution >= 4 is 5.97 Å². The van der Waals surface area contributed by atoms with Gasteiger partial charge in [-0.1, -0.05) is 13.8 Å². The Hall–Kier alpha value is -0.610. The lowest BCUT2D eigenvalue weighted by atomic mass is 10.0. The first kappa shape index (κ1) is 16.8. The van der Waals surface area contributed by atoms with Gasteiger partial charge in [-0.15, -0.1) is 0 Å². The van der Waals surface area contributed by atoms with E-state index in [1.165, 1.54) is 0 Å². The fourth-order valence-electron chi connectivity index (χ4n) is 0.714. The van der Waals surface area contributed by atoms with Crippen LogP contribution >= 0.6 is 0 Å². The third-order valence-corrected chi connectivity index (χ3v) is 2.01. The van der Waals surface area contributed by atoms with Crippen molar-refractivity contribution in [2.24, 2.45) is 0 Å². The van der Waals surface area contributed by atoms with Crippen LogP contribution in [0.1, 0.15) is 40.5 Å². The van der Waals surface area contributed by atoms with Crippen molar-refractivity contribution in [3.8, 4) is 0 Å². The molecule has 0 atom stereocenters. The fourth-order valence-corrected chi connectivity index (χ4v) is 0.714. The molecule has 0 heterocycles. The third-order valence-electron chi connectivity index (χ3n) is 2.01. The van der Waals surface area contributed by atoms with Crippen LogP contribution in [0.4, 0.5) is 0 Å². The lowest BCUT2D eigenvalue weighted by molar-refractivity contribution is -0.138. The first-order valence-electron chi connectivity index (χ1n) is 5.46. The number of ether oxygens (including phenoxy) is 1. The van der Waals surface area contributed by atoms with E-state index in [2.05, 4.69) is 19.2 Å². The molecule has 0 saturated heterocycles. The van der Waals surface area contributed by atoms with Crippen molar-refractivity contribution in [3.63, 3.8) is 0 Å². The van der Waals surface area contributed by atoms with E-state index >= 15 is 0 Å². The lowest BCUT2D eigenvalue weighted by Gasteiger charge is -2.23. The Morgan fingerprint density at radius 3 is 2.27 bits per heavy atom. The number of aliphatic carboxylic acids is 1. The van der Waals surface area contributed by atoms with E-state index in [4.69, 9.17) is 9.84 Å². The molecule has 0 amide bonds. The molecule has 0 unspecified atom stereocenters. The smallest absolute Gasteiger partial charge is 0.305 e. The minimum Gasteiger partial charge on any atom is -0.481 e. The van der Waals surface area contributed by atoms with Gasteiger partial charge in [-0.05, 0) is 27.3 Å². The summed E-state index contributed by atoms with van der Waals surface area (Å²) in [6.45, 7) is 9.05. The van der Waals surface area contributed by atoms with Crippen LogP contribution in [-0.4, -0.2) is 36.9 Å². The molecular weight excluding hydrogens is 194 g/mol. The number of hydrogen-bond acceptors (Lipinski definition) is 3. The van der Waals surface area contributed by atoms with Crippen molar-refractivity contribution in [2.45, 2.75) is 46.1 Å². The van der Waals surface area contributed by atoms with Gasteiger partial charge < -0.3 is 15.2 Å². The molecule has 15 heavy (non-hydrogen) atoms. The monoisotopic (exact) mass is 219 g/mol. The van der Waals surface area contributed by atoms with E-state index in [9.17, 15) is 4.79 Å². The second-order valence-electron chi connectivity index (χ2n) is 3.64. The summed E-state index contributed by atoms with van der Waals surface area (Å²) in [5, 5.41) is 11.5. The van der Waals surface area contributed by atoms with Crippen molar-refractivity contribution < 1.29 is 14.6 Å². The van der Waals surface area contributed by atoms with Crippen molar-refractivity contribution in [3.05, 3.63) is 0 Å². The van der Waals surface area contributed by atoms with Crippen LogP contribution in [0, 0.1) is 0 Å². The quantitative estimate of drug-likeness (QED) is 0.642. The summed E-state index contributed by atoms with van der Waals surface area (Å²) < 4.78 is 5.16. The molecule has 4 nitrogen and oxygen atoms in total. The molecule has 0 rings (SSSR count). The highest BCUT2D eigenvalue weighted by Gasteiger charge is 2.13. The molecule has 0 aliphatic carbocycles. The minimum atomic E-state index is -0.812. The third kappa shape index (κ3) is 13.4. The first-order chi connectivity index (χ1) is 6.98. The van der Waals surface area contributed by atoms with Gasteiger partial charge in [-0.3, -0.25) is 4.79 Å². The van der Waals surface area contributed by atoms with Crippen molar-refractivity contribution in [1.29, 1.82) is 0 Å². The highest BCUT2D eigenvalue weighted by Crippen LogP contribution is 2.06. The van der Waals surface area contributed by atoms with Gasteiger partial charge in [0.05, 0.1) is 13.0 Å².